The lowest BCUT2D eigenvalue weighted by Crippen LogP contribution is -2.34. The summed E-state index contributed by atoms with van der Waals surface area (Å²) in [6.45, 7) is 6.60. The summed E-state index contributed by atoms with van der Waals surface area (Å²) in [5.41, 5.74) is 1.57. The maximum Gasteiger partial charge on any atom is 0.251 e. The molecule has 1 aliphatic heterocycles. The van der Waals surface area contributed by atoms with E-state index in [9.17, 15) is 4.79 Å². The first-order chi connectivity index (χ1) is 14.0. The van der Waals surface area contributed by atoms with E-state index < -0.39 is 0 Å². The fourth-order valence-corrected chi connectivity index (χ4v) is 3.64. The Bertz CT molecular complexity index is 804. The van der Waals surface area contributed by atoms with Gasteiger partial charge in [0.25, 0.3) is 5.91 Å². The maximum atomic E-state index is 12.5. The largest absolute Gasteiger partial charge is 0.493 e. The van der Waals surface area contributed by atoms with Crippen LogP contribution in [-0.4, -0.2) is 44.1 Å². The Morgan fingerprint density at radius 1 is 1.14 bits per heavy atom. The van der Waals surface area contributed by atoms with E-state index in [2.05, 4.69) is 17.1 Å². The van der Waals surface area contributed by atoms with E-state index in [1.54, 1.807) is 25.3 Å². The molecule has 156 valence electrons. The van der Waals surface area contributed by atoms with Crippen LogP contribution in [-0.2, 0) is 6.61 Å². The van der Waals surface area contributed by atoms with Crippen molar-refractivity contribution in [3.8, 4) is 11.5 Å². The summed E-state index contributed by atoms with van der Waals surface area (Å²) in [5.74, 6) is 1.46. The fraction of sp³-hybridized carbons (Fsp3) is 0.435. The van der Waals surface area contributed by atoms with Crippen LogP contribution in [0.25, 0.3) is 0 Å². The Labute approximate surface area is 177 Å². The van der Waals surface area contributed by atoms with E-state index in [4.69, 9.17) is 21.1 Å². The zero-order chi connectivity index (χ0) is 20.6. The first-order valence-electron chi connectivity index (χ1n) is 10.1. The number of ether oxygens (including phenoxy) is 2. The number of amides is 1. The van der Waals surface area contributed by atoms with Gasteiger partial charge in [0.15, 0.2) is 11.5 Å². The SMILES string of the molecule is COc1cc(C(=O)NCC(C)CN2CCCC2)ccc1OCc1ccc(Cl)cc1. The van der Waals surface area contributed by atoms with Gasteiger partial charge in [0.05, 0.1) is 7.11 Å². The number of nitrogens with one attached hydrogen (secondary N) is 1. The van der Waals surface area contributed by atoms with Crippen molar-refractivity contribution in [2.75, 3.05) is 33.3 Å². The van der Waals surface area contributed by atoms with Crippen molar-refractivity contribution in [1.29, 1.82) is 0 Å². The highest BCUT2D eigenvalue weighted by molar-refractivity contribution is 6.30. The van der Waals surface area contributed by atoms with E-state index in [0.29, 0.717) is 41.2 Å². The molecule has 1 unspecified atom stereocenters. The highest BCUT2D eigenvalue weighted by Crippen LogP contribution is 2.29. The number of carbonyl (C=O) groups excluding carboxylic acids is 1. The van der Waals surface area contributed by atoms with E-state index >= 15 is 0 Å². The molecule has 0 saturated carbocycles. The van der Waals surface area contributed by atoms with E-state index in [0.717, 1.165) is 12.1 Å². The van der Waals surface area contributed by atoms with Crippen LogP contribution < -0.4 is 14.8 Å². The van der Waals surface area contributed by atoms with Gasteiger partial charge in [0, 0.05) is 23.7 Å². The summed E-state index contributed by atoms with van der Waals surface area (Å²) in [7, 11) is 1.57. The molecule has 5 nitrogen and oxygen atoms in total. The smallest absolute Gasteiger partial charge is 0.251 e. The number of benzene rings is 2. The number of methoxy groups -OCH3 is 1. The molecule has 0 aromatic heterocycles. The van der Waals surface area contributed by atoms with Crippen LogP contribution >= 0.6 is 11.6 Å². The van der Waals surface area contributed by atoms with Crippen LogP contribution in [0.2, 0.25) is 5.02 Å². The third-order valence-corrected chi connectivity index (χ3v) is 5.37. The van der Waals surface area contributed by atoms with Crippen LogP contribution in [0.3, 0.4) is 0 Å². The summed E-state index contributed by atoms with van der Waals surface area (Å²) in [6.07, 6.45) is 2.57. The van der Waals surface area contributed by atoms with Crippen LogP contribution in [0.5, 0.6) is 11.5 Å². The molecule has 0 bridgehead atoms. The van der Waals surface area contributed by atoms with Gasteiger partial charge >= 0.3 is 0 Å². The highest BCUT2D eigenvalue weighted by Gasteiger charge is 2.16. The second kappa shape index (κ2) is 10.5. The molecule has 1 atom stereocenters. The molecule has 1 amide bonds. The predicted octanol–water partition coefficient (Wildman–Crippen LogP) is 4.39. The minimum Gasteiger partial charge on any atom is -0.493 e. The van der Waals surface area contributed by atoms with Gasteiger partial charge in [0.2, 0.25) is 0 Å². The van der Waals surface area contributed by atoms with Gasteiger partial charge in [-0.2, -0.15) is 0 Å². The highest BCUT2D eigenvalue weighted by atomic mass is 35.5. The minimum atomic E-state index is -0.0965. The Morgan fingerprint density at radius 2 is 1.86 bits per heavy atom. The number of carbonyl (C=O) groups is 1. The van der Waals surface area contributed by atoms with Gasteiger partial charge < -0.3 is 19.7 Å². The number of hydrogen-bond acceptors (Lipinski definition) is 4. The van der Waals surface area contributed by atoms with E-state index in [1.807, 2.05) is 24.3 Å². The standard InChI is InChI=1S/C23H29ClN2O3/c1-17(15-26-11-3-4-12-26)14-25-23(27)19-7-10-21(22(13-19)28-2)29-16-18-5-8-20(24)9-6-18/h5-10,13,17H,3-4,11-12,14-16H2,1-2H3,(H,25,27). The molecule has 1 N–H and O–H groups in total. The van der Waals surface area contributed by atoms with Crippen molar-refractivity contribution in [2.45, 2.75) is 26.4 Å². The molecular formula is C23H29ClN2O3. The van der Waals surface area contributed by atoms with Crippen LogP contribution in [0.1, 0.15) is 35.7 Å². The molecule has 0 aliphatic carbocycles. The van der Waals surface area contributed by atoms with Gasteiger partial charge in [0.1, 0.15) is 6.61 Å². The molecule has 0 radical (unpaired) electrons. The Morgan fingerprint density at radius 3 is 2.55 bits per heavy atom. The third kappa shape index (κ3) is 6.38. The zero-order valence-electron chi connectivity index (χ0n) is 17.1. The van der Waals surface area contributed by atoms with Gasteiger partial charge in [-0.15, -0.1) is 0 Å². The third-order valence-electron chi connectivity index (χ3n) is 5.11. The Kier molecular flexibility index (Phi) is 7.78. The number of rotatable bonds is 9. The number of hydrogen-bond donors (Lipinski definition) is 1. The molecule has 1 fully saturated rings. The number of halogens is 1. The predicted molar refractivity (Wildman–Crippen MR) is 116 cm³/mol. The second-order valence-electron chi connectivity index (χ2n) is 7.60. The van der Waals surface area contributed by atoms with Gasteiger partial charge in [-0.05, 0) is 67.7 Å². The quantitative estimate of drug-likeness (QED) is 0.658. The molecule has 29 heavy (non-hydrogen) atoms. The lowest BCUT2D eigenvalue weighted by atomic mass is 10.1. The number of nitrogens with zero attached hydrogens (tertiary/aromatic N) is 1. The normalized spacial score (nSPS) is 15.1. The summed E-state index contributed by atoms with van der Waals surface area (Å²) in [4.78, 5) is 15.0. The molecule has 0 spiro atoms. The first-order valence-corrected chi connectivity index (χ1v) is 10.5. The van der Waals surface area contributed by atoms with Crippen molar-refractivity contribution in [1.82, 2.24) is 10.2 Å². The van der Waals surface area contributed by atoms with Gasteiger partial charge in [-0.25, -0.2) is 0 Å². The van der Waals surface area contributed by atoms with Crippen molar-refractivity contribution in [2.24, 2.45) is 5.92 Å². The van der Waals surface area contributed by atoms with Crippen molar-refractivity contribution in [3.05, 3.63) is 58.6 Å². The minimum absolute atomic E-state index is 0.0965. The summed E-state index contributed by atoms with van der Waals surface area (Å²) in [5, 5.41) is 3.72. The van der Waals surface area contributed by atoms with E-state index in [-0.39, 0.29) is 5.91 Å². The van der Waals surface area contributed by atoms with Crippen molar-refractivity contribution >= 4 is 17.5 Å². The van der Waals surface area contributed by atoms with Crippen molar-refractivity contribution < 1.29 is 14.3 Å². The fourth-order valence-electron chi connectivity index (χ4n) is 3.51. The first kappa shape index (κ1) is 21.5. The summed E-state index contributed by atoms with van der Waals surface area (Å²) in [6, 6.07) is 12.8. The van der Waals surface area contributed by atoms with Crippen LogP contribution in [0.4, 0.5) is 0 Å². The molecular weight excluding hydrogens is 388 g/mol. The van der Waals surface area contributed by atoms with E-state index in [1.165, 1.54) is 25.9 Å². The molecule has 1 heterocycles. The second-order valence-corrected chi connectivity index (χ2v) is 8.04. The van der Waals surface area contributed by atoms with Crippen LogP contribution in [0.15, 0.2) is 42.5 Å². The zero-order valence-corrected chi connectivity index (χ0v) is 17.9. The van der Waals surface area contributed by atoms with Gasteiger partial charge in [-0.1, -0.05) is 30.7 Å². The Hall–Kier alpha value is -2.24. The molecule has 6 heteroatoms. The topological polar surface area (TPSA) is 50.8 Å². The summed E-state index contributed by atoms with van der Waals surface area (Å²) >= 11 is 5.91. The molecule has 1 saturated heterocycles. The summed E-state index contributed by atoms with van der Waals surface area (Å²) < 4.78 is 11.3. The Balaban J connectivity index is 1.54. The molecule has 2 aromatic carbocycles. The average Bonchev–Trinajstić information content (AvgIpc) is 3.24. The lowest BCUT2D eigenvalue weighted by molar-refractivity contribution is 0.0944. The number of likely N-dealkylation sites (tertiary alicyclic amines) is 1. The lowest BCUT2D eigenvalue weighted by Gasteiger charge is -2.20. The molecule has 1 aliphatic rings. The average molecular weight is 417 g/mol. The molecule has 3 rings (SSSR count). The van der Waals surface area contributed by atoms with Gasteiger partial charge in [-0.3, -0.25) is 4.79 Å². The van der Waals surface area contributed by atoms with Crippen LogP contribution in [0, 0.1) is 5.92 Å². The van der Waals surface area contributed by atoms with Crippen molar-refractivity contribution in [3.63, 3.8) is 0 Å². The monoisotopic (exact) mass is 416 g/mol. The molecule has 2 aromatic rings. The maximum absolute atomic E-state index is 12.5.